The number of nitrogens with zero attached hydrogens (tertiary/aromatic N) is 4. The van der Waals surface area contributed by atoms with Crippen LogP contribution < -0.4 is 0 Å². The van der Waals surface area contributed by atoms with E-state index >= 15 is 0 Å². The van der Waals surface area contributed by atoms with Gasteiger partial charge in [0.1, 0.15) is 17.7 Å². The first-order chi connectivity index (χ1) is 7.77. The van der Waals surface area contributed by atoms with Crippen LogP contribution in [-0.2, 0) is 0 Å². The highest BCUT2D eigenvalue weighted by molar-refractivity contribution is 6.33. The molecule has 0 bridgehead atoms. The van der Waals surface area contributed by atoms with Crippen LogP contribution in [0.1, 0.15) is 5.82 Å². The molecule has 16 heavy (non-hydrogen) atoms. The third-order valence-corrected chi connectivity index (χ3v) is 2.57. The van der Waals surface area contributed by atoms with Gasteiger partial charge in [0.05, 0.1) is 6.26 Å². The summed E-state index contributed by atoms with van der Waals surface area (Å²) >= 11 is 5.95. The van der Waals surface area contributed by atoms with Crippen LogP contribution in [0.4, 0.5) is 0 Å². The Kier molecular flexibility index (Phi) is 1.94. The molecule has 0 amide bonds. The van der Waals surface area contributed by atoms with Crippen molar-refractivity contribution < 1.29 is 4.42 Å². The van der Waals surface area contributed by atoms with Gasteiger partial charge < -0.3 is 4.42 Å². The minimum absolute atomic E-state index is 0.346. The topological polar surface area (TPSA) is 56.7 Å². The van der Waals surface area contributed by atoms with Gasteiger partial charge in [0.2, 0.25) is 5.88 Å². The second-order valence-electron chi connectivity index (χ2n) is 3.28. The molecule has 0 aliphatic heterocycles. The highest BCUT2D eigenvalue weighted by Gasteiger charge is 2.14. The summed E-state index contributed by atoms with van der Waals surface area (Å²) in [5.41, 5.74) is 1.23. The standard InChI is InChI=1S/C10H7ClN4O/c1-6-14-8-9(11)12-5-13-10(8)15(6)7-3-2-4-16-7/h2-5H,1H3. The Labute approximate surface area is 95.7 Å². The van der Waals surface area contributed by atoms with E-state index in [0.29, 0.717) is 22.2 Å². The number of halogens is 1. The third-order valence-electron chi connectivity index (χ3n) is 2.29. The molecule has 0 aliphatic carbocycles. The molecule has 3 aromatic rings. The molecular formula is C10H7ClN4O. The average Bonchev–Trinajstić information content (AvgIpc) is 2.85. The summed E-state index contributed by atoms with van der Waals surface area (Å²) in [7, 11) is 0. The van der Waals surface area contributed by atoms with E-state index in [1.54, 1.807) is 10.8 Å². The normalized spacial score (nSPS) is 11.1. The van der Waals surface area contributed by atoms with Gasteiger partial charge in [-0.25, -0.2) is 19.5 Å². The van der Waals surface area contributed by atoms with Crippen molar-refractivity contribution in [3.8, 4) is 5.88 Å². The van der Waals surface area contributed by atoms with E-state index in [0.717, 1.165) is 5.82 Å². The van der Waals surface area contributed by atoms with Gasteiger partial charge in [-0.05, 0) is 13.0 Å². The Morgan fingerprint density at radius 3 is 3.00 bits per heavy atom. The zero-order chi connectivity index (χ0) is 11.1. The number of imidazole rings is 1. The van der Waals surface area contributed by atoms with Crippen LogP contribution in [-0.4, -0.2) is 19.5 Å². The molecule has 0 fully saturated rings. The van der Waals surface area contributed by atoms with Gasteiger partial charge in [0.15, 0.2) is 10.8 Å². The van der Waals surface area contributed by atoms with Crippen molar-refractivity contribution in [2.45, 2.75) is 6.92 Å². The summed E-state index contributed by atoms with van der Waals surface area (Å²) in [6, 6.07) is 3.65. The maximum atomic E-state index is 5.95. The average molecular weight is 235 g/mol. The second-order valence-corrected chi connectivity index (χ2v) is 3.64. The van der Waals surface area contributed by atoms with Crippen molar-refractivity contribution in [2.75, 3.05) is 0 Å². The summed E-state index contributed by atoms with van der Waals surface area (Å²) in [4.78, 5) is 12.4. The van der Waals surface area contributed by atoms with E-state index in [1.165, 1.54) is 6.33 Å². The van der Waals surface area contributed by atoms with E-state index in [4.69, 9.17) is 16.0 Å². The first-order valence-corrected chi connectivity index (χ1v) is 5.04. The molecule has 0 atom stereocenters. The van der Waals surface area contributed by atoms with Gasteiger partial charge >= 0.3 is 0 Å². The molecule has 3 aromatic heterocycles. The Bertz CT molecular complexity index is 644. The van der Waals surface area contributed by atoms with E-state index in [9.17, 15) is 0 Å². The van der Waals surface area contributed by atoms with Gasteiger partial charge in [0, 0.05) is 6.07 Å². The first-order valence-electron chi connectivity index (χ1n) is 4.67. The van der Waals surface area contributed by atoms with Crippen molar-refractivity contribution in [1.82, 2.24) is 19.5 Å². The maximum absolute atomic E-state index is 5.95. The molecule has 6 heteroatoms. The number of aryl methyl sites for hydroxylation is 1. The van der Waals surface area contributed by atoms with Crippen molar-refractivity contribution in [2.24, 2.45) is 0 Å². The lowest BCUT2D eigenvalue weighted by molar-refractivity contribution is 0.538. The molecule has 5 nitrogen and oxygen atoms in total. The number of fused-ring (bicyclic) bond motifs is 1. The smallest absolute Gasteiger partial charge is 0.206 e. The second kappa shape index (κ2) is 3.31. The highest BCUT2D eigenvalue weighted by atomic mass is 35.5. The summed E-state index contributed by atoms with van der Waals surface area (Å²) in [6.07, 6.45) is 3.01. The van der Waals surface area contributed by atoms with Gasteiger partial charge in [-0.1, -0.05) is 11.6 Å². The molecule has 0 unspecified atom stereocenters. The number of furan rings is 1. The lowest BCUT2D eigenvalue weighted by Gasteiger charge is -2.00. The lowest BCUT2D eigenvalue weighted by atomic mass is 10.5. The third kappa shape index (κ3) is 1.22. The SMILES string of the molecule is Cc1nc2c(Cl)ncnc2n1-c1ccco1. The molecule has 3 rings (SSSR count). The molecule has 0 saturated carbocycles. The molecule has 0 N–H and O–H groups in total. The van der Waals surface area contributed by atoms with Crippen LogP contribution >= 0.6 is 11.6 Å². The van der Waals surface area contributed by atoms with Crippen molar-refractivity contribution >= 4 is 22.8 Å². The number of rotatable bonds is 1. The predicted molar refractivity (Wildman–Crippen MR) is 58.7 cm³/mol. The molecule has 0 aliphatic rings. The van der Waals surface area contributed by atoms with Crippen LogP contribution in [0.15, 0.2) is 29.1 Å². The van der Waals surface area contributed by atoms with Gasteiger partial charge in [-0.3, -0.25) is 0 Å². The zero-order valence-electron chi connectivity index (χ0n) is 8.38. The van der Waals surface area contributed by atoms with Gasteiger partial charge in [-0.2, -0.15) is 0 Å². The van der Waals surface area contributed by atoms with Crippen molar-refractivity contribution in [1.29, 1.82) is 0 Å². The molecule has 0 saturated heterocycles. The Morgan fingerprint density at radius 1 is 1.38 bits per heavy atom. The van der Waals surface area contributed by atoms with Crippen molar-refractivity contribution in [3.63, 3.8) is 0 Å². The fraction of sp³-hybridized carbons (Fsp3) is 0.100. The first kappa shape index (κ1) is 9.35. The van der Waals surface area contributed by atoms with Gasteiger partial charge in [0.25, 0.3) is 0 Å². The number of aromatic nitrogens is 4. The quantitative estimate of drug-likeness (QED) is 0.607. The summed E-state index contributed by atoms with van der Waals surface area (Å²) < 4.78 is 7.12. The lowest BCUT2D eigenvalue weighted by Crippen LogP contribution is -1.96. The van der Waals surface area contributed by atoms with Crippen LogP contribution in [0.2, 0.25) is 5.15 Å². The Morgan fingerprint density at radius 2 is 2.25 bits per heavy atom. The minimum Gasteiger partial charge on any atom is -0.448 e. The van der Waals surface area contributed by atoms with Gasteiger partial charge in [-0.15, -0.1) is 0 Å². The van der Waals surface area contributed by atoms with Crippen molar-refractivity contribution in [3.05, 3.63) is 35.7 Å². The number of hydrogen-bond acceptors (Lipinski definition) is 4. The molecular weight excluding hydrogens is 228 g/mol. The number of hydrogen-bond donors (Lipinski definition) is 0. The molecule has 80 valence electrons. The monoisotopic (exact) mass is 234 g/mol. The zero-order valence-corrected chi connectivity index (χ0v) is 9.14. The fourth-order valence-electron chi connectivity index (χ4n) is 1.63. The maximum Gasteiger partial charge on any atom is 0.206 e. The highest BCUT2D eigenvalue weighted by Crippen LogP contribution is 2.23. The largest absolute Gasteiger partial charge is 0.448 e. The van der Waals surface area contributed by atoms with Crippen LogP contribution in [0.3, 0.4) is 0 Å². The fourth-order valence-corrected chi connectivity index (χ4v) is 1.81. The molecule has 3 heterocycles. The van der Waals surface area contributed by atoms with Crippen LogP contribution in [0.25, 0.3) is 17.0 Å². The van der Waals surface area contributed by atoms with E-state index < -0.39 is 0 Å². The Balaban J connectivity index is 2.41. The molecule has 0 radical (unpaired) electrons. The minimum atomic E-state index is 0.346. The summed E-state index contributed by atoms with van der Waals surface area (Å²) in [6.45, 7) is 1.86. The van der Waals surface area contributed by atoms with E-state index in [-0.39, 0.29) is 0 Å². The molecule has 0 spiro atoms. The molecule has 0 aromatic carbocycles. The van der Waals surface area contributed by atoms with Crippen LogP contribution in [0, 0.1) is 6.92 Å². The van der Waals surface area contributed by atoms with E-state index in [2.05, 4.69) is 15.0 Å². The van der Waals surface area contributed by atoms with Crippen LogP contribution in [0.5, 0.6) is 0 Å². The predicted octanol–water partition coefficient (Wildman–Crippen LogP) is 2.37. The van der Waals surface area contributed by atoms with E-state index in [1.807, 2.05) is 19.1 Å². The summed E-state index contributed by atoms with van der Waals surface area (Å²) in [5, 5.41) is 0.346. The Hall–Kier alpha value is -1.88. The summed E-state index contributed by atoms with van der Waals surface area (Å²) in [5.74, 6) is 1.42.